The minimum atomic E-state index is -0.500. The normalized spacial score (nSPS) is 23.9. The summed E-state index contributed by atoms with van der Waals surface area (Å²) in [4.78, 5) is 15.5. The number of likely N-dealkylation sites (tertiary alicyclic amines) is 1. The molecule has 0 spiro atoms. The smallest absolute Gasteiger partial charge is 0.317 e. The van der Waals surface area contributed by atoms with Gasteiger partial charge in [0.1, 0.15) is 0 Å². The van der Waals surface area contributed by atoms with Crippen molar-refractivity contribution in [2.24, 2.45) is 0 Å². The summed E-state index contributed by atoms with van der Waals surface area (Å²) in [7, 11) is 1.29. The number of nitrogens with one attached hydrogen (secondary N) is 1. The van der Waals surface area contributed by atoms with Crippen LogP contribution in [0.2, 0.25) is 0 Å². The van der Waals surface area contributed by atoms with Crippen LogP contribution < -0.4 is 15.9 Å². The number of nitrogens with zero attached hydrogens (tertiary/aromatic N) is 1. The highest BCUT2D eigenvalue weighted by molar-refractivity contribution is 7.73. The molecule has 1 heterocycles. The van der Waals surface area contributed by atoms with E-state index >= 15 is 0 Å². The molecule has 1 saturated heterocycles. The van der Waals surface area contributed by atoms with E-state index in [-0.39, 0.29) is 14.0 Å². The third-order valence-corrected chi connectivity index (χ3v) is 15.4. The van der Waals surface area contributed by atoms with Crippen molar-refractivity contribution in [3.8, 4) is 0 Å². The Morgan fingerprint density at radius 3 is 1.75 bits per heavy atom. The first-order valence-corrected chi connectivity index (χ1v) is 17.5. The molecule has 5 rings (SSSR count). The largest absolute Gasteiger partial charge is 0.341 e. The van der Waals surface area contributed by atoms with Gasteiger partial charge in [-0.15, -0.1) is 0 Å². The van der Waals surface area contributed by atoms with Crippen LogP contribution in [-0.4, -0.2) is 53.7 Å². The molecule has 3 nitrogen and oxygen atoms in total. The Bertz CT molecular complexity index is 886. The minimum absolute atomic E-state index is 0.0291. The van der Waals surface area contributed by atoms with Gasteiger partial charge in [0.25, 0.3) is 0 Å². The van der Waals surface area contributed by atoms with Gasteiger partial charge in [-0.25, -0.2) is 4.79 Å². The summed E-state index contributed by atoms with van der Waals surface area (Å²) in [5.74, 6) is 0. The van der Waals surface area contributed by atoms with Crippen LogP contribution in [0.15, 0.2) is 60.7 Å². The number of amides is 2. The zero-order chi connectivity index (χ0) is 24.7. The molecular formula is C31H44N2OP2. The molecule has 2 aromatic rings. The van der Waals surface area contributed by atoms with Crippen LogP contribution in [0.4, 0.5) is 4.79 Å². The summed E-state index contributed by atoms with van der Waals surface area (Å²) in [6, 6.07) is 22.6. The predicted molar refractivity (Wildman–Crippen MR) is 158 cm³/mol. The lowest BCUT2D eigenvalue weighted by Crippen LogP contribution is -2.43. The average molecular weight is 523 g/mol. The molecule has 2 atom stereocenters. The molecular weight excluding hydrogens is 478 g/mol. The number of benzene rings is 2. The molecule has 2 saturated carbocycles. The number of carbonyl (C=O) groups excluding carboxylic acids is 1. The summed E-state index contributed by atoms with van der Waals surface area (Å²) in [6.07, 6.45) is 16.7. The first-order valence-electron chi connectivity index (χ1n) is 14.4. The van der Waals surface area contributed by atoms with Crippen LogP contribution >= 0.6 is 15.8 Å². The van der Waals surface area contributed by atoms with Crippen molar-refractivity contribution in [1.29, 1.82) is 0 Å². The lowest BCUT2D eigenvalue weighted by atomic mass is 9.99. The summed E-state index contributed by atoms with van der Waals surface area (Å²) in [5, 5.41) is 5.87. The van der Waals surface area contributed by atoms with Crippen LogP contribution in [0.25, 0.3) is 0 Å². The maximum absolute atomic E-state index is 13.2. The van der Waals surface area contributed by atoms with Gasteiger partial charge in [0.2, 0.25) is 0 Å². The molecule has 2 aromatic carbocycles. The lowest BCUT2D eigenvalue weighted by molar-refractivity contribution is 0.199. The van der Waals surface area contributed by atoms with Gasteiger partial charge in [0.15, 0.2) is 0 Å². The Balaban J connectivity index is 1.42. The van der Waals surface area contributed by atoms with Crippen LogP contribution in [-0.2, 0) is 0 Å². The van der Waals surface area contributed by atoms with E-state index in [4.69, 9.17) is 0 Å². The molecule has 2 amide bonds. The van der Waals surface area contributed by atoms with Gasteiger partial charge in [-0.2, -0.15) is 0 Å². The van der Waals surface area contributed by atoms with E-state index in [9.17, 15) is 4.79 Å². The Labute approximate surface area is 221 Å². The van der Waals surface area contributed by atoms with Gasteiger partial charge in [-0.3, -0.25) is 0 Å². The third kappa shape index (κ3) is 6.16. The van der Waals surface area contributed by atoms with Crippen LogP contribution in [0.1, 0.15) is 70.6 Å². The van der Waals surface area contributed by atoms with Crippen molar-refractivity contribution in [3.63, 3.8) is 0 Å². The second-order valence-corrected chi connectivity index (χ2v) is 16.4. The number of carbonyl (C=O) groups is 1. The van der Waals surface area contributed by atoms with Crippen molar-refractivity contribution >= 4 is 32.5 Å². The van der Waals surface area contributed by atoms with E-state index in [1.807, 2.05) is 7.05 Å². The monoisotopic (exact) mass is 522 g/mol. The first kappa shape index (κ1) is 26.2. The van der Waals surface area contributed by atoms with Gasteiger partial charge >= 0.3 is 6.03 Å². The van der Waals surface area contributed by atoms with Gasteiger partial charge in [-0.05, 0) is 73.8 Å². The zero-order valence-electron chi connectivity index (χ0n) is 22.0. The van der Waals surface area contributed by atoms with Gasteiger partial charge in [-0.1, -0.05) is 107 Å². The summed E-state index contributed by atoms with van der Waals surface area (Å²) in [5.41, 5.74) is 2.60. The highest BCUT2D eigenvalue weighted by atomic mass is 31.1. The van der Waals surface area contributed by atoms with Crippen molar-refractivity contribution in [1.82, 2.24) is 10.2 Å². The fraction of sp³-hybridized carbons (Fsp3) is 0.581. The minimum Gasteiger partial charge on any atom is -0.341 e. The fourth-order valence-electron chi connectivity index (χ4n) is 7.11. The molecule has 3 aliphatic rings. The number of urea groups is 1. The van der Waals surface area contributed by atoms with Crippen molar-refractivity contribution in [3.05, 3.63) is 60.7 Å². The van der Waals surface area contributed by atoms with E-state index < -0.39 is 7.92 Å². The van der Waals surface area contributed by atoms with E-state index in [1.54, 1.807) is 0 Å². The maximum atomic E-state index is 13.2. The molecule has 5 heteroatoms. The molecule has 0 aromatic heterocycles. The van der Waals surface area contributed by atoms with Crippen molar-refractivity contribution in [2.45, 2.75) is 93.6 Å². The Morgan fingerprint density at radius 2 is 1.28 bits per heavy atom. The standard InChI is InChI=1S/C31H44N2OP2/c1-32-31(34)33-23-30(36(28-18-10-4-11-19-28)29-20-12-5-13-21-29)22-25(33)24-35(26-14-6-2-7-15-26)27-16-8-3-9-17-27/h2-3,6-9,14-17,25,28-30H,4-5,10-13,18-24H2,1H3,(H,32,34)/t25-,30-/m1/s1. The van der Waals surface area contributed by atoms with E-state index in [0.717, 1.165) is 29.7 Å². The summed E-state index contributed by atoms with van der Waals surface area (Å²) >= 11 is 0. The molecule has 0 unspecified atom stereocenters. The Hall–Kier alpha value is -1.43. The highest BCUT2D eigenvalue weighted by Crippen LogP contribution is 2.61. The average Bonchev–Trinajstić information content (AvgIpc) is 3.37. The highest BCUT2D eigenvalue weighted by Gasteiger charge is 2.44. The van der Waals surface area contributed by atoms with Crippen molar-refractivity contribution in [2.75, 3.05) is 19.8 Å². The maximum Gasteiger partial charge on any atom is 0.317 e. The second kappa shape index (κ2) is 12.9. The molecule has 0 bridgehead atoms. The molecule has 0 radical (unpaired) electrons. The quantitative estimate of drug-likeness (QED) is 0.389. The SMILES string of the molecule is CNC(=O)N1C[C@H](P(C2CCCCC2)C2CCCCC2)C[C@@H]1CP(c1ccccc1)c1ccccc1. The van der Waals surface area contributed by atoms with E-state index in [2.05, 4.69) is 70.9 Å². The fourth-order valence-corrected chi connectivity index (χ4v) is 14.2. The predicted octanol–water partition coefficient (Wildman–Crippen LogP) is 7.05. The van der Waals surface area contributed by atoms with Gasteiger partial charge < -0.3 is 10.2 Å². The Morgan fingerprint density at radius 1 is 0.778 bits per heavy atom. The third-order valence-electron chi connectivity index (χ3n) is 8.81. The van der Waals surface area contributed by atoms with Gasteiger partial charge in [0, 0.05) is 19.6 Å². The number of rotatable bonds is 7. The first-order chi connectivity index (χ1) is 17.7. The summed E-state index contributed by atoms with van der Waals surface area (Å²) in [6.45, 7) is 0.982. The van der Waals surface area contributed by atoms with Crippen LogP contribution in [0, 0.1) is 0 Å². The molecule has 2 aliphatic carbocycles. The van der Waals surface area contributed by atoms with Crippen LogP contribution in [0.3, 0.4) is 0 Å². The number of hydrogen-bond acceptors (Lipinski definition) is 1. The van der Waals surface area contributed by atoms with Gasteiger partial charge in [0.05, 0.1) is 0 Å². The van der Waals surface area contributed by atoms with E-state index in [0.29, 0.717) is 6.04 Å². The van der Waals surface area contributed by atoms with E-state index in [1.165, 1.54) is 81.2 Å². The summed E-state index contributed by atoms with van der Waals surface area (Å²) < 4.78 is 0. The number of hydrogen-bond donors (Lipinski definition) is 1. The topological polar surface area (TPSA) is 32.3 Å². The molecule has 3 fully saturated rings. The Kier molecular flexibility index (Phi) is 9.37. The zero-order valence-corrected chi connectivity index (χ0v) is 23.8. The molecule has 36 heavy (non-hydrogen) atoms. The molecule has 1 aliphatic heterocycles. The second-order valence-electron chi connectivity index (χ2n) is 11.1. The molecule has 1 N–H and O–H groups in total. The lowest BCUT2D eigenvalue weighted by Gasteiger charge is -2.42. The molecule has 194 valence electrons. The van der Waals surface area contributed by atoms with Crippen molar-refractivity contribution < 1.29 is 4.79 Å². The van der Waals surface area contributed by atoms with Crippen LogP contribution in [0.5, 0.6) is 0 Å².